The van der Waals surface area contributed by atoms with Crippen molar-refractivity contribution in [2.24, 2.45) is 13.0 Å². The predicted octanol–water partition coefficient (Wildman–Crippen LogP) is 7.52. The summed E-state index contributed by atoms with van der Waals surface area (Å²) in [6.45, 7) is 4.40. The van der Waals surface area contributed by atoms with E-state index in [-0.39, 0.29) is 50.8 Å². The van der Waals surface area contributed by atoms with Crippen LogP contribution in [0.15, 0.2) is 109 Å². The molecule has 2 aliphatic rings. The van der Waals surface area contributed by atoms with E-state index in [0.29, 0.717) is 46.7 Å². The molecule has 0 spiro atoms. The number of carbonyl (C=O) groups excluding carboxylic acids is 5. The molecule has 1 saturated heterocycles. The maximum absolute atomic E-state index is 15.1. The van der Waals surface area contributed by atoms with Gasteiger partial charge in [0.05, 0.1) is 44.2 Å². The van der Waals surface area contributed by atoms with Gasteiger partial charge in [-0.3, -0.25) is 24.0 Å². The lowest BCUT2D eigenvalue weighted by atomic mass is 9.93. The molecule has 0 aliphatic carbocycles. The quantitative estimate of drug-likeness (QED) is 0.129. The van der Waals surface area contributed by atoms with Crippen LogP contribution in [0.1, 0.15) is 55.6 Å². The second-order valence-electron chi connectivity index (χ2n) is 18.5. The van der Waals surface area contributed by atoms with E-state index in [1.807, 2.05) is 86.9 Å². The third-order valence-electron chi connectivity index (χ3n) is 13.5. The monoisotopic (exact) mass is 1020 g/mol. The van der Waals surface area contributed by atoms with Crippen molar-refractivity contribution in [3.63, 3.8) is 0 Å². The summed E-state index contributed by atoms with van der Waals surface area (Å²) in [5, 5.41) is 6.75. The SMILES string of the molecule is COC[C@@H]1NC(=O)[C@H](C)N(Cc2ccc(Cl)cc2Oc2ccc(-c3cnc(C4=CCOCC4)n3C)cc2)C(=O)C[C@@H](Cc2ccccc2)C(=O)N(C)[C@@H](C)CNC(=O)C[C@H](Cc2ccc(Cl)cc2)N(C)C1=O. The lowest BCUT2D eigenvalue weighted by molar-refractivity contribution is -0.147. The highest BCUT2D eigenvalue weighted by atomic mass is 35.5. The zero-order valence-corrected chi connectivity index (χ0v) is 43.1. The average molecular weight is 1020 g/mol. The number of likely N-dealkylation sites (N-methyl/N-ethyl adjacent to an activating group) is 2. The molecule has 0 radical (unpaired) electrons. The molecule has 0 bridgehead atoms. The molecule has 0 unspecified atom stereocenters. The van der Waals surface area contributed by atoms with E-state index in [9.17, 15) is 19.2 Å². The minimum Gasteiger partial charge on any atom is -0.457 e. The first-order valence-corrected chi connectivity index (χ1v) is 24.9. The molecule has 1 aromatic heterocycles. The van der Waals surface area contributed by atoms with Crippen LogP contribution in [-0.4, -0.2) is 126 Å². The zero-order valence-electron chi connectivity index (χ0n) is 41.6. The van der Waals surface area contributed by atoms with Crippen LogP contribution in [0.25, 0.3) is 16.8 Å². The summed E-state index contributed by atoms with van der Waals surface area (Å²) in [6.07, 6.45) is 4.87. The van der Waals surface area contributed by atoms with Crippen LogP contribution in [0.4, 0.5) is 0 Å². The van der Waals surface area contributed by atoms with Gasteiger partial charge in [0, 0.05) is 80.9 Å². The van der Waals surface area contributed by atoms with E-state index in [1.54, 1.807) is 56.3 Å². The van der Waals surface area contributed by atoms with Crippen molar-refractivity contribution in [2.45, 2.75) is 76.7 Å². The highest BCUT2D eigenvalue weighted by Gasteiger charge is 2.36. The van der Waals surface area contributed by atoms with Crippen LogP contribution >= 0.6 is 23.2 Å². The Bertz CT molecular complexity index is 2730. The molecule has 2 N–H and O–H groups in total. The van der Waals surface area contributed by atoms with Crippen LogP contribution in [0.3, 0.4) is 0 Å². The first-order chi connectivity index (χ1) is 34.6. The van der Waals surface area contributed by atoms with E-state index < -0.39 is 47.8 Å². The van der Waals surface area contributed by atoms with Crippen molar-refractivity contribution in [3.8, 4) is 22.8 Å². The Hall–Kier alpha value is -6.52. The Labute approximate surface area is 431 Å². The van der Waals surface area contributed by atoms with Crippen molar-refractivity contribution in [1.29, 1.82) is 0 Å². The number of benzene rings is 4. The molecular formula is C55H63Cl2N7O8. The molecule has 5 amide bonds. The number of ether oxygens (including phenoxy) is 3. The Morgan fingerprint density at radius 1 is 0.806 bits per heavy atom. The summed E-state index contributed by atoms with van der Waals surface area (Å²) in [4.78, 5) is 81.6. The fraction of sp³-hybridized carbons (Fsp3) is 0.382. The summed E-state index contributed by atoms with van der Waals surface area (Å²) < 4.78 is 19.6. The van der Waals surface area contributed by atoms with Crippen LogP contribution in [0.2, 0.25) is 10.0 Å². The zero-order chi connectivity index (χ0) is 51.5. The van der Waals surface area contributed by atoms with Gasteiger partial charge in [0.25, 0.3) is 0 Å². The molecule has 5 atom stereocenters. The summed E-state index contributed by atoms with van der Waals surface area (Å²) >= 11 is 12.8. The number of methoxy groups -OCH3 is 1. The van der Waals surface area contributed by atoms with Gasteiger partial charge >= 0.3 is 0 Å². The second-order valence-corrected chi connectivity index (χ2v) is 19.4. The smallest absolute Gasteiger partial charge is 0.247 e. The van der Waals surface area contributed by atoms with Gasteiger partial charge in [0.2, 0.25) is 29.5 Å². The Kier molecular flexibility index (Phi) is 18.3. The number of halogens is 2. The Morgan fingerprint density at radius 3 is 2.21 bits per heavy atom. The standard InChI is InChI=1S/C55H63Cl2N7O8/c1-35-31-58-50(65)30-45(27-38-12-17-43(56)18-13-38)62(4)55(69)47(34-70-6)60-53(67)36(2)64(51(66)28-42(54(68)61(35)3)26-37-10-8-7-9-11-37)33-41-14-19-44(57)29-49(41)72-46-20-15-39(16-21-46)48-32-59-52(63(48)5)40-22-24-71-25-23-40/h7-22,29,32,35-36,42,45,47H,23-28,30-31,33-34H2,1-6H3,(H,58,65)(H,60,67)/t35-,36-,42+,45-,47-/m0/s1. The molecule has 0 saturated carbocycles. The maximum Gasteiger partial charge on any atom is 0.247 e. The maximum atomic E-state index is 15.1. The van der Waals surface area contributed by atoms with Gasteiger partial charge in [0.15, 0.2) is 0 Å². The fourth-order valence-electron chi connectivity index (χ4n) is 9.01. The fourth-order valence-corrected chi connectivity index (χ4v) is 9.30. The predicted molar refractivity (Wildman–Crippen MR) is 277 cm³/mol. The molecule has 1 fully saturated rings. The van der Waals surface area contributed by atoms with Crippen LogP contribution < -0.4 is 15.4 Å². The lowest BCUT2D eigenvalue weighted by Gasteiger charge is -2.35. The van der Waals surface area contributed by atoms with Gasteiger partial charge in [-0.05, 0) is 98.3 Å². The summed E-state index contributed by atoms with van der Waals surface area (Å²) in [5.74, 6) is -1.40. The number of nitrogens with zero attached hydrogens (tertiary/aromatic N) is 5. The molecule has 3 heterocycles. The number of amides is 5. The van der Waals surface area contributed by atoms with E-state index in [4.69, 9.17) is 42.4 Å². The van der Waals surface area contributed by atoms with Crippen LogP contribution in [0.5, 0.6) is 11.5 Å². The van der Waals surface area contributed by atoms with Gasteiger partial charge in [-0.25, -0.2) is 4.98 Å². The van der Waals surface area contributed by atoms with E-state index >= 15 is 4.79 Å². The van der Waals surface area contributed by atoms with Gasteiger partial charge < -0.3 is 44.1 Å². The first kappa shape index (κ1) is 53.3. The second kappa shape index (κ2) is 24.7. The molecule has 15 nitrogen and oxygen atoms in total. The molecule has 4 aromatic carbocycles. The van der Waals surface area contributed by atoms with Crippen molar-refractivity contribution in [3.05, 3.63) is 142 Å². The van der Waals surface area contributed by atoms with Gasteiger partial charge in [-0.2, -0.15) is 0 Å². The number of rotatable bonds is 12. The van der Waals surface area contributed by atoms with Crippen molar-refractivity contribution in [1.82, 2.24) is 34.9 Å². The summed E-state index contributed by atoms with van der Waals surface area (Å²) in [6, 6.07) is 25.7. The van der Waals surface area contributed by atoms with E-state index in [2.05, 4.69) is 21.3 Å². The summed E-state index contributed by atoms with van der Waals surface area (Å²) in [7, 11) is 6.64. The molecule has 2 aliphatic heterocycles. The van der Waals surface area contributed by atoms with E-state index in [1.165, 1.54) is 16.9 Å². The van der Waals surface area contributed by atoms with Crippen molar-refractivity contribution < 1.29 is 38.2 Å². The van der Waals surface area contributed by atoms with Gasteiger partial charge in [-0.15, -0.1) is 0 Å². The number of aromatic nitrogens is 2. The number of carbonyl (C=O) groups is 5. The van der Waals surface area contributed by atoms with Crippen LogP contribution in [-0.2, 0) is 59.9 Å². The molecule has 17 heteroatoms. The molecular weight excluding hydrogens is 958 g/mol. The van der Waals surface area contributed by atoms with Crippen molar-refractivity contribution in [2.75, 3.05) is 47.6 Å². The van der Waals surface area contributed by atoms with E-state index in [0.717, 1.165) is 40.2 Å². The highest BCUT2D eigenvalue weighted by Crippen LogP contribution is 2.33. The number of hydrogen-bond donors (Lipinski definition) is 2. The number of nitrogens with one attached hydrogen (secondary N) is 2. The highest BCUT2D eigenvalue weighted by molar-refractivity contribution is 6.31. The van der Waals surface area contributed by atoms with Gasteiger partial charge in [0.1, 0.15) is 29.4 Å². The molecule has 7 rings (SSSR count). The largest absolute Gasteiger partial charge is 0.457 e. The third kappa shape index (κ3) is 13.5. The number of imidazole rings is 1. The third-order valence-corrected chi connectivity index (χ3v) is 14.0. The molecule has 380 valence electrons. The first-order valence-electron chi connectivity index (χ1n) is 24.1. The lowest BCUT2D eigenvalue weighted by Crippen LogP contribution is -2.57. The Morgan fingerprint density at radius 2 is 1.51 bits per heavy atom. The van der Waals surface area contributed by atoms with Gasteiger partial charge in [-0.1, -0.05) is 77.8 Å². The van der Waals surface area contributed by atoms with Crippen molar-refractivity contribution >= 4 is 58.3 Å². The summed E-state index contributed by atoms with van der Waals surface area (Å²) in [5.41, 5.74) is 5.19. The average Bonchev–Trinajstić information content (AvgIpc) is 3.77. The molecule has 72 heavy (non-hydrogen) atoms. The minimum absolute atomic E-state index is 0.0752. The topological polar surface area (TPSA) is 165 Å². The van der Waals surface area contributed by atoms with Crippen LogP contribution in [0, 0.1) is 5.92 Å². The normalized spacial score (nSPS) is 21.2. The minimum atomic E-state index is -1.20. The molecule has 5 aromatic rings. The Balaban J connectivity index is 1.22. The number of hydrogen-bond acceptors (Lipinski definition) is 9.